The standard InChI is InChI=1S/C13H11ClFNO2/c1-2-3-4-5-16-11-7-10(15)9(14)6-8(11)12(17)13(16)18/h2,6-7H,1,3-5H2. The van der Waals surface area contributed by atoms with Gasteiger partial charge >= 0.3 is 0 Å². The first-order valence-electron chi connectivity index (χ1n) is 5.52. The fraction of sp³-hybridized carbons (Fsp3) is 0.231. The Morgan fingerprint density at radius 3 is 2.78 bits per heavy atom. The largest absolute Gasteiger partial charge is 0.305 e. The maximum Gasteiger partial charge on any atom is 0.299 e. The fourth-order valence-electron chi connectivity index (χ4n) is 1.90. The molecule has 0 aromatic heterocycles. The second-order valence-corrected chi connectivity index (χ2v) is 4.41. The van der Waals surface area contributed by atoms with E-state index in [-0.39, 0.29) is 10.6 Å². The number of nitrogens with zero attached hydrogens (tertiary/aromatic N) is 1. The van der Waals surface area contributed by atoms with Crippen molar-refractivity contribution in [3.8, 4) is 0 Å². The first-order chi connectivity index (χ1) is 8.56. The van der Waals surface area contributed by atoms with Crippen LogP contribution in [0.2, 0.25) is 5.02 Å². The van der Waals surface area contributed by atoms with E-state index in [2.05, 4.69) is 6.58 Å². The van der Waals surface area contributed by atoms with E-state index in [1.54, 1.807) is 6.08 Å². The highest BCUT2D eigenvalue weighted by atomic mass is 35.5. The summed E-state index contributed by atoms with van der Waals surface area (Å²) in [6.07, 6.45) is 3.13. The summed E-state index contributed by atoms with van der Waals surface area (Å²) in [7, 11) is 0. The summed E-state index contributed by atoms with van der Waals surface area (Å²) >= 11 is 5.61. The van der Waals surface area contributed by atoms with Gasteiger partial charge < -0.3 is 4.90 Å². The lowest BCUT2D eigenvalue weighted by atomic mass is 10.1. The SMILES string of the molecule is C=CCCCN1C(=O)C(=O)c2cc(Cl)c(F)cc21. The van der Waals surface area contributed by atoms with Gasteiger partial charge in [0.25, 0.3) is 11.7 Å². The number of hydrogen-bond acceptors (Lipinski definition) is 2. The topological polar surface area (TPSA) is 37.4 Å². The van der Waals surface area contributed by atoms with Gasteiger partial charge in [-0.3, -0.25) is 9.59 Å². The molecule has 1 amide bonds. The quantitative estimate of drug-likeness (QED) is 0.478. The van der Waals surface area contributed by atoms with Crippen molar-refractivity contribution < 1.29 is 14.0 Å². The molecule has 5 heteroatoms. The van der Waals surface area contributed by atoms with Crippen LogP contribution in [0.5, 0.6) is 0 Å². The Labute approximate surface area is 109 Å². The number of carbonyl (C=O) groups excluding carboxylic acids is 2. The molecule has 0 saturated carbocycles. The molecule has 2 rings (SSSR count). The second kappa shape index (κ2) is 4.90. The molecule has 0 N–H and O–H groups in total. The molecule has 3 nitrogen and oxygen atoms in total. The van der Waals surface area contributed by atoms with Crippen LogP contribution in [-0.2, 0) is 4.79 Å². The van der Waals surface area contributed by atoms with Crippen molar-refractivity contribution in [1.82, 2.24) is 0 Å². The number of anilines is 1. The number of carbonyl (C=O) groups is 2. The lowest BCUT2D eigenvalue weighted by Crippen LogP contribution is -2.30. The molecule has 0 bridgehead atoms. The molecule has 0 atom stereocenters. The van der Waals surface area contributed by atoms with Crippen molar-refractivity contribution in [2.75, 3.05) is 11.4 Å². The van der Waals surface area contributed by atoms with E-state index in [4.69, 9.17) is 11.6 Å². The number of amides is 1. The van der Waals surface area contributed by atoms with Crippen LogP contribution in [0.1, 0.15) is 23.2 Å². The summed E-state index contributed by atoms with van der Waals surface area (Å²) in [6.45, 7) is 3.95. The Morgan fingerprint density at radius 2 is 2.11 bits per heavy atom. The minimum atomic E-state index is -0.634. The van der Waals surface area contributed by atoms with Gasteiger partial charge in [-0.25, -0.2) is 4.39 Å². The average molecular weight is 268 g/mol. The molecule has 0 aliphatic carbocycles. The van der Waals surface area contributed by atoms with Crippen LogP contribution in [0.3, 0.4) is 0 Å². The Kier molecular flexibility index (Phi) is 3.48. The van der Waals surface area contributed by atoms with Gasteiger partial charge in [-0.2, -0.15) is 0 Å². The molecule has 0 fully saturated rings. The zero-order valence-corrected chi connectivity index (χ0v) is 10.3. The highest BCUT2D eigenvalue weighted by Crippen LogP contribution is 2.33. The fourth-order valence-corrected chi connectivity index (χ4v) is 2.07. The van der Waals surface area contributed by atoms with E-state index < -0.39 is 17.5 Å². The third kappa shape index (κ3) is 2.04. The minimum Gasteiger partial charge on any atom is -0.305 e. The summed E-state index contributed by atoms with van der Waals surface area (Å²) in [5.41, 5.74) is 0.473. The molecule has 18 heavy (non-hydrogen) atoms. The predicted octanol–water partition coefficient (Wildman–Crippen LogP) is 2.97. The van der Waals surface area contributed by atoms with Gasteiger partial charge in [0.15, 0.2) is 0 Å². The average Bonchev–Trinajstić information content (AvgIpc) is 2.56. The molecule has 1 aliphatic rings. The van der Waals surface area contributed by atoms with Crippen molar-refractivity contribution in [1.29, 1.82) is 0 Å². The number of halogens is 2. The van der Waals surface area contributed by atoms with E-state index in [9.17, 15) is 14.0 Å². The summed E-state index contributed by atoms with van der Waals surface area (Å²) < 4.78 is 13.4. The van der Waals surface area contributed by atoms with Crippen LogP contribution in [0, 0.1) is 5.82 Å². The maximum atomic E-state index is 13.4. The highest BCUT2D eigenvalue weighted by Gasteiger charge is 2.36. The molecule has 1 aromatic carbocycles. The third-order valence-corrected chi connectivity index (χ3v) is 3.09. The van der Waals surface area contributed by atoms with Gasteiger partial charge in [-0.1, -0.05) is 17.7 Å². The molecule has 0 spiro atoms. The van der Waals surface area contributed by atoms with Gasteiger partial charge in [0.05, 0.1) is 16.3 Å². The summed E-state index contributed by atoms with van der Waals surface area (Å²) in [5.74, 6) is -1.90. The molecular formula is C13H11ClFNO2. The molecule has 1 aromatic rings. The number of unbranched alkanes of at least 4 members (excludes halogenated alkanes) is 1. The van der Waals surface area contributed by atoms with Crippen molar-refractivity contribution in [2.45, 2.75) is 12.8 Å². The van der Waals surface area contributed by atoms with Crippen molar-refractivity contribution >= 4 is 29.0 Å². The highest BCUT2D eigenvalue weighted by molar-refractivity contribution is 6.52. The molecule has 1 aliphatic heterocycles. The van der Waals surface area contributed by atoms with Crippen molar-refractivity contribution in [3.63, 3.8) is 0 Å². The number of hydrogen-bond donors (Lipinski definition) is 0. The van der Waals surface area contributed by atoms with Crippen LogP contribution < -0.4 is 4.90 Å². The molecule has 0 saturated heterocycles. The summed E-state index contributed by atoms with van der Waals surface area (Å²) in [5, 5.41) is -0.150. The van der Waals surface area contributed by atoms with Crippen LogP contribution >= 0.6 is 11.6 Å². The van der Waals surface area contributed by atoms with Crippen molar-refractivity contribution in [3.05, 3.63) is 41.2 Å². The molecule has 94 valence electrons. The van der Waals surface area contributed by atoms with Gasteiger partial charge in [0.2, 0.25) is 0 Å². The Hall–Kier alpha value is -1.68. The monoisotopic (exact) mass is 267 g/mol. The number of benzene rings is 1. The first kappa shape index (κ1) is 12.8. The van der Waals surface area contributed by atoms with Crippen LogP contribution in [0.15, 0.2) is 24.8 Å². The summed E-state index contributed by atoms with van der Waals surface area (Å²) in [4.78, 5) is 24.8. The van der Waals surface area contributed by atoms with Crippen LogP contribution in [0.25, 0.3) is 0 Å². The van der Waals surface area contributed by atoms with Gasteiger partial charge in [-0.05, 0) is 25.0 Å². The minimum absolute atomic E-state index is 0.150. The molecule has 1 heterocycles. The molecular weight excluding hydrogens is 257 g/mol. The van der Waals surface area contributed by atoms with E-state index in [1.807, 2.05) is 0 Å². The Bertz CT molecular complexity index is 542. The van der Waals surface area contributed by atoms with E-state index >= 15 is 0 Å². The smallest absolute Gasteiger partial charge is 0.299 e. The number of fused-ring (bicyclic) bond motifs is 1. The third-order valence-electron chi connectivity index (χ3n) is 2.80. The number of ketones is 1. The Balaban J connectivity index is 2.35. The lowest BCUT2D eigenvalue weighted by molar-refractivity contribution is -0.114. The zero-order chi connectivity index (χ0) is 13.3. The normalized spacial score (nSPS) is 14.0. The predicted molar refractivity (Wildman–Crippen MR) is 67.5 cm³/mol. The lowest BCUT2D eigenvalue weighted by Gasteiger charge is -2.15. The van der Waals surface area contributed by atoms with Crippen molar-refractivity contribution in [2.24, 2.45) is 0 Å². The van der Waals surface area contributed by atoms with E-state index in [1.165, 1.54) is 11.0 Å². The molecule has 0 unspecified atom stereocenters. The van der Waals surface area contributed by atoms with Gasteiger partial charge in [-0.15, -0.1) is 6.58 Å². The van der Waals surface area contributed by atoms with Gasteiger partial charge in [0.1, 0.15) is 5.82 Å². The zero-order valence-electron chi connectivity index (χ0n) is 9.58. The number of allylic oxidation sites excluding steroid dienone is 1. The van der Waals surface area contributed by atoms with Crippen LogP contribution in [-0.4, -0.2) is 18.2 Å². The molecule has 0 radical (unpaired) electrons. The van der Waals surface area contributed by atoms with E-state index in [0.29, 0.717) is 18.7 Å². The Morgan fingerprint density at radius 1 is 1.39 bits per heavy atom. The van der Waals surface area contributed by atoms with E-state index in [0.717, 1.165) is 12.5 Å². The summed E-state index contributed by atoms with van der Waals surface area (Å²) in [6, 6.07) is 2.34. The first-order valence-corrected chi connectivity index (χ1v) is 5.90. The number of Topliss-reactive ketones (excluding diaryl/α,β-unsaturated/α-hetero) is 1. The van der Waals surface area contributed by atoms with Crippen LogP contribution in [0.4, 0.5) is 10.1 Å². The maximum absolute atomic E-state index is 13.4. The number of rotatable bonds is 4. The van der Waals surface area contributed by atoms with Gasteiger partial charge in [0, 0.05) is 6.54 Å². The second-order valence-electron chi connectivity index (χ2n) is 4.00.